The monoisotopic (exact) mass is 766 g/mol. The summed E-state index contributed by atoms with van der Waals surface area (Å²) in [7, 11) is 0. The van der Waals surface area contributed by atoms with Gasteiger partial charge in [0.15, 0.2) is 0 Å². The van der Waals surface area contributed by atoms with E-state index in [2.05, 4.69) is 265 Å². The molecule has 0 spiro atoms. The molecule has 10 aromatic carbocycles. The summed E-state index contributed by atoms with van der Waals surface area (Å²) in [6.45, 7) is 0. The Morgan fingerprint density at radius 1 is 0.200 bits per heavy atom. The first kappa shape index (κ1) is 36.4. The molecule has 60 heavy (non-hydrogen) atoms. The van der Waals surface area contributed by atoms with Gasteiger partial charge in [0.25, 0.3) is 0 Å². The average Bonchev–Trinajstić information content (AvgIpc) is 3.33. The smallest absolute Gasteiger partial charge is 0.0546 e. The Balaban J connectivity index is 1.21. The Bertz CT molecular complexity index is 2760. The van der Waals surface area contributed by atoms with Crippen molar-refractivity contribution in [3.8, 4) is 44.5 Å². The Morgan fingerprint density at radius 3 is 0.783 bits per heavy atom. The Labute approximate surface area is 352 Å². The summed E-state index contributed by atoms with van der Waals surface area (Å²) in [6, 6.07) is 91.6. The molecule has 0 saturated heterocycles. The van der Waals surface area contributed by atoms with Crippen LogP contribution in [0.25, 0.3) is 55.3 Å². The summed E-state index contributed by atoms with van der Waals surface area (Å²) in [6.07, 6.45) is 0. The summed E-state index contributed by atoms with van der Waals surface area (Å²) in [5, 5.41) is 2.31. The Kier molecular flexibility index (Phi) is 10.0. The van der Waals surface area contributed by atoms with E-state index < -0.39 is 0 Å². The van der Waals surface area contributed by atoms with E-state index in [0.717, 1.165) is 61.8 Å². The number of hydrogen-bond donors (Lipinski definition) is 0. The molecular weight excluding hydrogens is 725 g/mol. The van der Waals surface area contributed by atoms with E-state index in [4.69, 9.17) is 0 Å². The standard InChI is InChI=1S/C58H42N2/c1-7-19-43(20-8-1)45-31-35-53(36-32-45)59(51-27-15-5-16-28-51)57-41-50-42-58(56(48-25-13-4-14-26-48)40-49(50)39-55(57)47-23-11-3-12-24-47)60(52-29-17-6-18-30-52)54-37-33-46(34-38-54)44-21-9-2-10-22-44/h1-42H. The fourth-order valence-electron chi connectivity index (χ4n) is 8.27. The molecule has 0 N–H and O–H groups in total. The quantitative estimate of drug-likeness (QED) is 0.137. The van der Waals surface area contributed by atoms with Crippen LogP contribution >= 0.6 is 0 Å². The van der Waals surface area contributed by atoms with E-state index >= 15 is 0 Å². The van der Waals surface area contributed by atoms with E-state index in [-0.39, 0.29) is 0 Å². The van der Waals surface area contributed by atoms with E-state index in [1.165, 1.54) is 27.6 Å². The van der Waals surface area contributed by atoms with Gasteiger partial charge in [0.05, 0.1) is 11.4 Å². The predicted molar refractivity (Wildman–Crippen MR) is 255 cm³/mol. The third-order valence-corrected chi connectivity index (χ3v) is 11.2. The van der Waals surface area contributed by atoms with Gasteiger partial charge in [-0.2, -0.15) is 0 Å². The van der Waals surface area contributed by atoms with Crippen LogP contribution in [0, 0.1) is 0 Å². The van der Waals surface area contributed by atoms with E-state index in [0.29, 0.717) is 0 Å². The van der Waals surface area contributed by atoms with Gasteiger partial charge >= 0.3 is 0 Å². The minimum atomic E-state index is 1.09. The van der Waals surface area contributed by atoms with Crippen molar-refractivity contribution in [2.45, 2.75) is 0 Å². The highest BCUT2D eigenvalue weighted by atomic mass is 15.2. The van der Waals surface area contributed by atoms with Gasteiger partial charge in [-0.05, 0) is 117 Å². The van der Waals surface area contributed by atoms with Gasteiger partial charge in [0.1, 0.15) is 0 Å². The molecule has 2 nitrogen and oxygen atoms in total. The molecular formula is C58H42N2. The maximum atomic E-state index is 2.40. The second-order valence-corrected chi connectivity index (χ2v) is 15.0. The summed E-state index contributed by atoms with van der Waals surface area (Å²) >= 11 is 0. The summed E-state index contributed by atoms with van der Waals surface area (Å²) < 4.78 is 0. The second kappa shape index (κ2) is 16.5. The van der Waals surface area contributed by atoms with Crippen LogP contribution in [-0.4, -0.2) is 0 Å². The number of benzene rings is 10. The predicted octanol–water partition coefficient (Wildman–Crippen LogP) is 16.4. The van der Waals surface area contributed by atoms with E-state index in [1.54, 1.807) is 0 Å². The van der Waals surface area contributed by atoms with E-state index in [1.807, 2.05) is 0 Å². The van der Waals surface area contributed by atoms with Crippen molar-refractivity contribution in [2.24, 2.45) is 0 Å². The summed E-state index contributed by atoms with van der Waals surface area (Å²) in [5.41, 5.74) is 15.9. The van der Waals surface area contributed by atoms with Gasteiger partial charge in [-0.3, -0.25) is 0 Å². The first-order chi connectivity index (χ1) is 29.8. The van der Waals surface area contributed by atoms with Gasteiger partial charge in [-0.15, -0.1) is 0 Å². The van der Waals surface area contributed by atoms with Crippen LogP contribution in [0.2, 0.25) is 0 Å². The van der Waals surface area contributed by atoms with Crippen LogP contribution in [0.15, 0.2) is 255 Å². The zero-order chi connectivity index (χ0) is 40.1. The molecule has 284 valence electrons. The molecule has 0 aromatic heterocycles. The molecule has 0 amide bonds. The molecule has 0 aliphatic heterocycles. The van der Waals surface area contributed by atoms with Crippen LogP contribution in [0.5, 0.6) is 0 Å². The van der Waals surface area contributed by atoms with Crippen molar-refractivity contribution in [2.75, 3.05) is 9.80 Å². The van der Waals surface area contributed by atoms with Crippen LogP contribution in [0.4, 0.5) is 34.1 Å². The Hall–Kier alpha value is -7.94. The zero-order valence-corrected chi connectivity index (χ0v) is 33.1. The van der Waals surface area contributed by atoms with Crippen molar-refractivity contribution in [1.29, 1.82) is 0 Å². The van der Waals surface area contributed by atoms with Crippen molar-refractivity contribution >= 4 is 44.9 Å². The molecule has 0 aliphatic carbocycles. The largest absolute Gasteiger partial charge is 0.310 e. The lowest BCUT2D eigenvalue weighted by atomic mass is 9.93. The fourth-order valence-corrected chi connectivity index (χ4v) is 8.27. The molecule has 10 rings (SSSR count). The first-order valence-corrected chi connectivity index (χ1v) is 20.5. The number of nitrogens with zero attached hydrogens (tertiary/aromatic N) is 2. The van der Waals surface area contributed by atoms with Crippen LogP contribution in [0.3, 0.4) is 0 Å². The lowest BCUT2D eigenvalue weighted by Crippen LogP contribution is -2.12. The molecule has 0 aliphatic rings. The highest BCUT2D eigenvalue weighted by Gasteiger charge is 2.22. The summed E-state index contributed by atoms with van der Waals surface area (Å²) in [4.78, 5) is 4.80. The van der Waals surface area contributed by atoms with Crippen LogP contribution in [0.1, 0.15) is 0 Å². The lowest BCUT2D eigenvalue weighted by molar-refractivity contribution is 1.28. The fraction of sp³-hybridized carbons (Fsp3) is 0. The number of rotatable bonds is 10. The molecule has 0 heterocycles. The number of fused-ring (bicyclic) bond motifs is 1. The Morgan fingerprint density at radius 2 is 0.450 bits per heavy atom. The molecule has 0 bridgehead atoms. The number of para-hydroxylation sites is 2. The molecule has 0 unspecified atom stereocenters. The molecule has 2 heteroatoms. The lowest BCUT2D eigenvalue weighted by Gasteiger charge is -2.30. The topological polar surface area (TPSA) is 6.48 Å². The van der Waals surface area contributed by atoms with Gasteiger partial charge in [0.2, 0.25) is 0 Å². The van der Waals surface area contributed by atoms with Crippen molar-refractivity contribution in [1.82, 2.24) is 0 Å². The van der Waals surface area contributed by atoms with Gasteiger partial charge in [0, 0.05) is 33.9 Å². The molecule has 0 saturated carbocycles. The minimum absolute atomic E-state index is 1.09. The van der Waals surface area contributed by atoms with Gasteiger partial charge in [-0.1, -0.05) is 182 Å². The van der Waals surface area contributed by atoms with Crippen molar-refractivity contribution in [3.63, 3.8) is 0 Å². The second-order valence-electron chi connectivity index (χ2n) is 15.0. The molecule has 10 aromatic rings. The number of anilines is 6. The first-order valence-electron chi connectivity index (χ1n) is 20.5. The SMILES string of the molecule is c1ccc(-c2ccc(N(c3ccccc3)c3cc4cc(N(c5ccccc5)c5ccc(-c6ccccc6)cc5)c(-c5ccccc5)cc4cc3-c3ccccc3)cc2)cc1. The summed E-state index contributed by atoms with van der Waals surface area (Å²) in [5.74, 6) is 0. The van der Waals surface area contributed by atoms with E-state index in [9.17, 15) is 0 Å². The highest BCUT2D eigenvalue weighted by Crippen LogP contribution is 2.47. The third kappa shape index (κ3) is 7.35. The minimum Gasteiger partial charge on any atom is -0.310 e. The number of hydrogen-bond acceptors (Lipinski definition) is 2. The average molecular weight is 767 g/mol. The molecule has 0 radical (unpaired) electrons. The normalized spacial score (nSPS) is 11.0. The third-order valence-electron chi connectivity index (χ3n) is 11.2. The van der Waals surface area contributed by atoms with Crippen LogP contribution in [-0.2, 0) is 0 Å². The van der Waals surface area contributed by atoms with Crippen molar-refractivity contribution in [3.05, 3.63) is 255 Å². The van der Waals surface area contributed by atoms with Crippen LogP contribution < -0.4 is 9.80 Å². The molecule has 0 fully saturated rings. The van der Waals surface area contributed by atoms with Gasteiger partial charge < -0.3 is 9.80 Å². The van der Waals surface area contributed by atoms with Gasteiger partial charge in [-0.25, -0.2) is 0 Å². The highest BCUT2D eigenvalue weighted by molar-refractivity contribution is 6.04. The van der Waals surface area contributed by atoms with Crippen molar-refractivity contribution < 1.29 is 0 Å². The maximum absolute atomic E-state index is 2.40. The molecule has 0 atom stereocenters. The zero-order valence-electron chi connectivity index (χ0n) is 33.1. The maximum Gasteiger partial charge on any atom is 0.0546 e.